The first-order chi connectivity index (χ1) is 27.2. The van der Waals surface area contributed by atoms with Gasteiger partial charge in [-0.2, -0.15) is 10.5 Å². The molecule has 0 radical (unpaired) electrons. The van der Waals surface area contributed by atoms with Crippen LogP contribution >= 0.6 is 0 Å². The first kappa shape index (κ1) is 30.7. The summed E-state index contributed by atoms with van der Waals surface area (Å²) < 4.78 is 6.86. The first-order valence-electron chi connectivity index (χ1n) is 18.3. The fraction of sp³-hybridized carbons (Fsp3) is 0. The molecular weight excluding hydrogens is 671 g/mol. The summed E-state index contributed by atoms with van der Waals surface area (Å²) in [4.78, 5) is 0. The molecule has 0 atom stereocenters. The van der Waals surface area contributed by atoms with E-state index in [1.165, 1.54) is 10.8 Å². The molecule has 0 saturated heterocycles. The van der Waals surface area contributed by atoms with Gasteiger partial charge in [0.2, 0.25) is 0 Å². The third kappa shape index (κ3) is 4.45. The maximum Gasteiger partial charge on any atom is 0.101 e. The van der Waals surface area contributed by atoms with Crippen molar-refractivity contribution in [3.05, 3.63) is 187 Å². The van der Waals surface area contributed by atoms with E-state index >= 15 is 0 Å². The van der Waals surface area contributed by atoms with Crippen molar-refractivity contribution in [3.8, 4) is 40.3 Å². The average Bonchev–Trinajstić information content (AvgIpc) is 3.88. The van der Waals surface area contributed by atoms with Gasteiger partial charge < -0.3 is 13.7 Å². The number of hydrogen-bond donors (Lipinski definition) is 0. The van der Waals surface area contributed by atoms with E-state index in [1.54, 1.807) is 0 Å². The minimum Gasteiger partial charge on any atom is -0.309 e. The maximum absolute atomic E-state index is 10.7. The maximum atomic E-state index is 10.7. The SMILES string of the molecule is N#Cc1ccc2c3ccccc3n(-c3ccccc3-c3ccc(C#N)c(-n4c5ccccc5c5ccc(-n6c7ccccc7c7ccccc76)cc54)c3)c2c1. The largest absolute Gasteiger partial charge is 0.309 e. The molecule has 5 nitrogen and oxygen atoms in total. The van der Waals surface area contributed by atoms with E-state index in [-0.39, 0.29) is 0 Å². The zero-order valence-electron chi connectivity index (χ0n) is 29.5. The second kappa shape index (κ2) is 11.8. The third-order valence-corrected chi connectivity index (χ3v) is 11.1. The van der Waals surface area contributed by atoms with E-state index in [0.29, 0.717) is 11.1 Å². The van der Waals surface area contributed by atoms with Crippen LogP contribution in [-0.2, 0) is 0 Å². The lowest BCUT2D eigenvalue weighted by Gasteiger charge is -2.17. The summed E-state index contributed by atoms with van der Waals surface area (Å²) in [6.45, 7) is 0. The van der Waals surface area contributed by atoms with Gasteiger partial charge in [0.1, 0.15) is 6.07 Å². The van der Waals surface area contributed by atoms with Gasteiger partial charge in [-0.1, -0.05) is 109 Å². The van der Waals surface area contributed by atoms with Gasteiger partial charge in [0.25, 0.3) is 0 Å². The summed E-state index contributed by atoms with van der Waals surface area (Å²) in [7, 11) is 0. The summed E-state index contributed by atoms with van der Waals surface area (Å²) in [5.41, 5.74) is 12.4. The van der Waals surface area contributed by atoms with Crippen molar-refractivity contribution in [2.75, 3.05) is 0 Å². The van der Waals surface area contributed by atoms with Crippen LogP contribution in [0.1, 0.15) is 11.1 Å². The molecular formula is C50H29N5. The van der Waals surface area contributed by atoms with Crippen LogP contribution in [0.2, 0.25) is 0 Å². The molecule has 0 aliphatic carbocycles. The van der Waals surface area contributed by atoms with Crippen LogP contribution in [0.25, 0.3) is 93.6 Å². The van der Waals surface area contributed by atoms with E-state index in [9.17, 15) is 10.5 Å². The Morgan fingerprint density at radius 3 is 1.44 bits per heavy atom. The lowest BCUT2D eigenvalue weighted by molar-refractivity contribution is 1.15. The molecule has 8 aromatic carbocycles. The lowest BCUT2D eigenvalue weighted by atomic mass is 10.00. The number of benzene rings is 8. The van der Waals surface area contributed by atoms with Crippen LogP contribution in [0.15, 0.2) is 176 Å². The second-order valence-corrected chi connectivity index (χ2v) is 14.0. The van der Waals surface area contributed by atoms with Crippen molar-refractivity contribution >= 4 is 65.4 Å². The highest BCUT2D eigenvalue weighted by atomic mass is 15.0. The standard InChI is InChI=1S/C50H29N5/c51-30-32-21-25-41-39-14-4-9-19-46(39)54(49(41)27-32)43-16-6-1-11-36(43)33-22-23-34(31-52)48(28-33)55-47-20-10-5-15-40(47)42-26-24-35(29-50(42)55)53-44-17-7-2-12-37(44)38-13-3-8-18-45(38)53/h1-29H. The highest BCUT2D eigenvalue weighted by molar-refractivity contribution is 6.13. The molecule has 0 N–H and O–H groups in total. The Labute approximate surface area is 316 Å². The molecule has 254 valence electrons. The fourth-order valence-electron chi connectivity index (χ4n) is 8.75. The normalized spacial score (nSPS) is 11.6. The molecule has 0 aliphatic heterocycles. The molecule has 0 spiro atoms. The second-order valence-electron chi connectivity index (χ2n) is 14.0. The number of nitrogens with zero attached hydrogens (tertiary/aromatic N) is 5. The Morgan fingerprint density at radius 2 is 0.836 bits per heavy atom. The topological polar surface area (TPSA) is 62.4 Å². The molecule has 0 unspecified atom stereocenters. The Kier molecular flexibility index (Phi) is 6.61. The molecule has 5 heteroatoms. The first-order valence-corrected chi connectivity index (χ1v) is 18.3. The molecule has 55 heavy (non-hydrogen) atoms. The van der Waals surface area contributed by atoms with Gasteiger partial charge in [0.05, 0.1) is 61.7 Å². The minimum atomic E-state index is 0.585. The van der Waals surface area contributed by atoms with Crippen LogP contribution in [0.5, 0.6) is 0 Å². The summed E-state index contributed by atoms with van der Waals surface area (Å²) in [5.74, 6) is 0. The van der Waals surface area contributed by atoms with Crippen LogP contribution in [0, 0.1) is 22.7 Å². The molecule has 0 fully saturated rings. The molecule has 11 rings (SSSR count). The van der Waals surface area contributed by atoms with Gasteiger partial charge in [0.15, 0.2) is 0 Å². The Bertz CT molecular complexity index is 3420. The minimum absolute atomic E-state index is 0.585. The van der Waals surface area contributed by atoms with Crippen LogP contribution in [0.4, 0.5) is 0 Å². The number of rotatable bonds is 4. The van der Waals surface area contributed by atoms with E-state index < -0.39 is 0 Å². The zero-order valence-corrected chi connectivity index (χ0v) is 29.5. The van der Waals surface area contributed by atoms with Crippen LogP contribution < -0.4 is 0 Å². The molecule has 0 bridgehead atoms. The van der Waals surface area contributed by atoms with Crippen molar-refractivity contribution in [1.82, 2.24) is 13.7 Å². The van der Waals surface area contributed by atoms with E-state index in [2.05, 4.69) is 171 Å². The summed E-state index contributed by atoms with van der Waals surface area (Å²) in [6, 6.07) is 66.0. The summed E-state index contributed by atoms with van der Waals surface area (Å²) in [6.07, 6.45) is 0. The fourth-order valence-corrected chi connectivity index (χ4v) is 8.75. The summed E-state index contributed by atoms with van der Waals surface area (Å²) in [5, 5.41) is 27.4. The van der Waals surface area contributed by atoms with Crippen molar-refractivity contribution in [2.24, 2.45) is 0 Å². The molecule has 3 heterocycles. The monoisotopic (exact) mass is 699 g/mol. The van der Waals surface area contributed by atoms with E-state index in [0.717, 1.165) is 82.8 Å². The van der Waals surface area contributed by atoms with Gasteiger partial charge in [-0.3, -0.25) is 0 Å². The number of fused-ring (bicyclic) bond motifs is 9. The van der Waals surface area contributed by atoms with Crippen molar-refractivity contribution in [2.45, 2.75) is 0 Å². The van der Waals surface area contributed by atoms with Gasteiger partial charge in [-0.05, 0) is 72.3 Å². The predicted octanol–water partition coefficient (Wildman–Crippen LogP) is 12.4. The highest BCUT2D eigenvalue weighted by Gasteiger charge is 2.20. The predicted molar refractivity (Wildman–Crippen MR) is 224 cm³/mol. The average molecular weight is 700 g/mol. The number of hydrogen-bond acceptors (Lipinski definition) is 2. The lowest BCUT2D eigenvalue weighted by Crippen LogP contribution is -2.01. The Morgan fingerprint density at radius 1 is 0.345 bits per heavy atom. The number of nitriles is 2. The quantitative estimate of drug-likeness (QED) is 0.184. The smallest absolute Gasteiger partial charge is 0.101 e. The highest BCUT2D eigenvalue weighted by Crippen LogP contribution is 2.40. The Balaban J connectivity index is 1.18. The van der Waals surface area contributed by atoms with Gasteiger partial charge in [-0.15, -0.1) is 0 Å². The van der Waals surface area contributed by atoms with Crippen molar-refractivity contribution in [1.29, 1.82) is 10.5 Å². The number of aromatic nitrogens is 3. The summed E-state index contributed by atoms with van der Waals surface area (Å²) >= 11 is 0. The van der Waals surface area contributed by atoms with Crippen molar-refractivity contribution in [3.63, 3.8) is 0 Å². The zero-order chi connectivity index (χ0) is 36.6. The van der Waals surface area contributed by atoms with E-state index in [4.69, 9.17) is 0 Å². The van der Waals surface area contributed by atoms with Crippen LogP contribution in [-0.4, -0.2) is 13.7 Å². The molecule has 0 amide bonds. The van der Waals surface area contributed by atoms with Crippen LogP contribution in [0.3, 0.4) is 0 Å². The number of para-hydroxylation sites is 5. The molecule has 0 aliphatic rings. The molecule has 3 aromatic heterocycles. The molecule has 11 aromatic rings. The van der Waals surface area contributed by atoms with Gasteiger partial charge >= 0.3 is 0 Å². The van der Waals surface area contributed by atoms with Gasteiger partial charge in [-0.25, -0.2) is 0 Å². The van der Waals surface area contributed by atoms with Gasteiger partial charge in [0, 0.05) is 43.6 Å². The van der Waals surface area contributed by atoms with Crippen molar-refractivity contribution < 1.29 is 0 Å². The van der Waals surface area contributed by atoms with E-state index in [1.807, 2.05) is 30.3 Å². The Hall–Kier alpha value is -7.86. The third-order valence-electron chi connectivity index (χ3n) is 11.1. The molecule has 0 saturated carbocycles.